The molecule has 0 atom stereocenters. The molecule has 0 saturated carbocycles. The quantitative estimate of drug-likeness (QED) is 0.630. The molecule has 1 fully saturated rings. The Labute approximate surface area is 194 Å². The van der Waals surface area contributed by atoms with Gasteiger partial charge in [0.05, 0.1) is 24.7 Å². The molecule has 0 aliphatic carbocycles. The largest absolute Gasteiger partial charge is 0.449 e. The zero-order valence-electron chi connectivity index (χ0n) is 18.8. The predicted octanol–water partition coefficient (Wildman–Crippen LogP) is 2.87. The van der Waals surface area contributed by atoms with Gasteiger partial charge in [0, 0.05) is 37.9 Å². The van der Waals surface area contributed by atoms with E-state index in [1.54, 1.807) is 62.5 Å². The lowest BCUT2D eigenvalue weighted by atomic mass is 10.1. The lowest BCUT2D eigenvalue weighted by Crippen LogP contribution is -2.40. The second-order valence-electron chi connectivity index (χ2n) is 7.51. The average molecular weight is 476 g/mol. The van der Waals surface area contributed by atoms with Crippen molar-refractivity contribution in [2.75, 3.05) is 50.2 Å². The highest BCUT2D eigenvalue weighted by molar-refractivity contribution is 7.89. The van der Waals surface area contributed by atoms with Crippen molar-refractivity contribution in [1.82, 2.24) is 4.31 Å². The number of nitrogens with one attached hydrogen (secondary N) is 1. The summed E-state index contributed by atoms with van der Waals surface area (Å²) in [5, 5.41) is 2.82. The molecule has 2 aromatic rings. The van der Waals surface area contributed by atoms with Gasteiger partial charge in [0.2, 0.25) is 15.9 Å². The monoisotopic (exact) mass is 475 g/mol. The van der Waals surface area contributed by atoms with Gasteiger partial charge in [-0.3, -0.25) is 9.69 Å². The first kappa shape index (κ1) is 24.7. The number of rotatable bonds is 8. The Balaban J connectivity index is 1.51. The third kappa shape index (κ3) is 6.53. The summed E-state index contributed by atoms with van der Waals surface area (Å²) in [6, 6.07) is 13.5. The zero-order valence-corrected chi connectivity index (χ0v) is 19.6. The van der Waals surface area contributed by atoms with Crippen LogP contribution >= 0.6 is 0 Å². The molecular formula is C23H29N3O6S. The van der Waals surface area contributed by atoms with Gasteiger partial charge in [-0.2, -0.15) is 4.31 Å². The molecule has 0 unspecified atom stereocenters. The Bertz CT molecular complexity index is 1050. The highest BCUT2D eigenvalue weighted by Crippen LogP contribution is 2.20. The van der Waals surface area contributed by atoms with E-state index in [4.69, 9.17) is 9.47 Å². The first-order valence-electron chi connectivity index (χ1n) is 10.8. The molecule has 0 aromatic heterocycles. The summed E-state index contributed by atoms with van der Waals surface area (Å²) >= 11 is 0. The standard InChI is InChI=1S/C23H29N3O6S/c1-3-32-23(28)25(2)20-9-7-19(8-10-20)24-22(27)13-6-18-4-11-21(12-5-18)33(29,30)26-14-16-31-17-15-26/h4-5,7-12H,3,6,13-17H2,1-2H3,(H,24,27). The maximum absolute atomic E-state index is 12.7. The molecule has 1 heterocycles. The highest BCUT2D eigenvalue weighted by Gasteiger charge is 2.26. The van der Waals surface area contributed by atoms with Crippen molar-refractivity contribution in [1.29, 1.82) is 0 Å². The van der Waals surface area contributed by atoms with Crippen molar-refractivity contribution in [2.45, 2.75) is 24.7 Å². The SMILES string of the molecule is CCOC(=O)N(C)c1ccc(NC(=O)CCc2ccc(S(=O)(=O)N3CCOCC3)cc2)cc1. The van der Waals surface area contributed by atoms with Gasteiger partial charge in [0.25, 0.3) is 0 Å². The van der Waals surface area contributed by atoms with Gasteiger partial charge in [0.1, 0.15) is 0 Å². The van der Waals surface area contributed by atoms with E-state index in [0.29, 0.717) is 50.7 Å². The predicted molar refractivity (Wildman–Crippen MR) is 125 cm³/mol. The molecule has 1 aliphatic heterocycles. The summed E-state index contributed by atoms with van der Waals surface area (Å²) in [4.78, 5) is 25.7. The third-order valence-corrected chi connectivity index (χ3v) is 7.16. The number of amides is 2. The number of anilines is 2. The average Bonchev–Trinajstić information content (AvgIpc) is 2.84. The fourth-order valence-electron chi connectivity index (χ4n) is 3.34. The molecule has 1 N–H and O–H groups in total. The fourth-order valence-corrected chi connectivity index (χ4v) is 4.75. The Morgan fingerprint density at radius 1 is 1.06 bits per heavy atom. The van der Waals surface area contributed by atoms with E-state index in [9.17, 15) is 18.0 Å². The molecule has 3 rings (SSSR count). The lowest BCUT2D eigenvalue weighted by Gasteiger charge is -2.26. The lowest BCUT2D eigenvalue weighted by molar-refractivity contribution is -0.116. The Morgan fingerprint density at radius 3 is 2.30 bits per heavy atom. The summed E-state index contributed by atoms with van der Waals surface area (Å²) in [5.41, 5.74) is 2.14. The molecule has 9 nitrogen and oxygen atoms in total. The smallest absolute Gasteiger partial charge is 0.413 e. The van der Waals surface area contributed by atoms with Gasteiger partial charge in [-0.05, 0) is 55.3 Å². The van der Waals surface area contributed by atoms with Gasteiger partial charge in [-0.1, -0.05) is 12.1 Å². The van der Waals surface area contributed by atoms with Crippen LogP contribution < -0.4 is 10.2 Å². The number of carbonyl (C=O) groups is 2. The van der Waals surface area contributed by atoms with E-state index in [0.717, 1.165) is 5.56 Å². The molecule has 0 radical (unpaired) electrons. The number of hydrogen-bond donors (Lipinski definition) is 1. The summed E-state index contributed by atoms with van der Waals surface area (Å²) in [7, 11) is -1.91. The molecule has 1 aliphatic rings. The molecule has 0 spiro atoms. The number of morpholine rings is 1. The number of ether oxygens (including phenoxy) is 2. The first-order valence-corrected chi connectivity index (χ1v) is 12.2. The maximum Gasteiger partial charge on any atom is 0.413 e. The van der Waals surface area contributed by atoms with Crippen LogP contribution in [0.2, 0.25) is 0 Å². The van der Waals surface area contributed by atoms with Crippen LogP contribution in [0.4, 0.5) is 16.2 Å². The topological polar surface area (TPSA) is 105 Å². The van der Waals surface area contributed by atoms with Crippen LogP contribution in [-0.4, -0.2) is 64.7 Å². The second kappa shape index (κ2) is 11.3. The van der Waals surface area contributed by atoms with Crippen molar-refractivity contribution in [3.8, 4) is 0 Å². The molecule has 2 amide bonds. The first-order chi connectivity index (χ1) is 15.8. The minimum atomic E-state index is -3.53. The third-order valence-electron chi connectivity index (χ3n) is 5.25. The van der Waals surface area contributed by atoms with E-state index in [1.165, 1.54) is 9.21 Å². The molecule has 2 aromatic carbocycles. The van der Waals surface area contributed by atoms with Crippen LogP contribution in [0.25, 0.3) is 0 Å². The Hall–Kier alpha value is -2.95. The van der Waals surface area contributed by atoms with Gasteiger partial charge in [0.15, 0.2) is 0 Å². The number of benzene rings is 2. The summed E-state index contributed by atoms with van der Waals surface area (Å²) in [5.74, 6) is -0.161. The van der Waals surface area contributed by atoms with Gasteiger partial charge < -0.3 is 14.8 Å². The van der Waals surface area contributed by atoms with E-state index in [1.807, 2.05) is 0 Å². The molecule has 1 saturated heterocycles. The van der Waals surface area contributed by atoms with Crippen LogP contribution in [0, 0.1) is 0 Å². The van der Waals surface area contributed by atoms with Gasteiger partial charge in [-0.15, -0.1) is 0 Å². The van der Waals surface area contributed by atoms with E-state index in [2.05, 4.69) is 5.32 Å². The van der Waals surface area contributed by atoms with Gasteiger partial charge in [-0.25, -0.2) is 13.2 Å². The number of aryl methyl sites for hydroxylation is 1. The van der Waals surface area contributed by atoms with E-state index >= 15 is 0 Å². The Morgan fingerprint density at radius 2 is 1.70 bits per heavy atom. The molecule has 178 valence electrons. The van der Waals surface area contributed by atoms with E-state index in [-0.39, 0.29) is 17.2 Å². The minimum Gasteiger partial charge on any atom is -0.449 e. The van der Waals surface area contributed by atoms with Gasteiger partial charge >= 0.3 is 6.09 Å². The normalized spacial score (nSPS) is 14.5. The van der Waals surface area contributed by atoms with E-state index < -0.39 is 16.1 Å². The number of carbonyl (C=O) groups excluding carboxylic acids is 2. The van der Waals surface area contributed by atoms with Crippen molar-refractivity contribution in [2.24, 2.45) is 0 Å². The number of nitrogens with zero attached hydrogens (tertiary/aromatic N) is 2. The highest BCUT2D eigenvalue weighted by atomic mass is 32.2. The fraction of sp³-hybridized carbons (Fsp3) is 0.391. The van der Waals surface area contributed by atoms with Crippen molar-refractivity contribution >= 4 is 33.4 Å². The van der Waals surface area contributed by atoms with Crippen LogP contribution in [0.3, 0.4) is 0 Å². The van der Waals surface area contributed by atoms with Crippen molar-refractivity contribution < 1.29 is 27.5 Å². The Kier molecular flexibility index (Phi) is 8.43. The molecule has 0 bridgehead atoms. The summed E-state index contributed by atoms with van der Waals surface area (Å²) < 4.78 is 37.0. The van der Waals surface area contributed by atoms with Crippen LogP contribution in [0.15, 0.2) is 53.4 Å². The number of sulfonamides is 1. The van der Waals surface area contributed by atoms with Crippen LogP contribution in [-0.2, 0) is 30.7 Å². The summed E-state index contributed by atoms with van der Waals surface area (Å²) in [6.07, 6.45) is 0.283. The van der Waals surface area contributed by atoms with Crippen molar-refractivity contribution in [3.63, 3.8) is 0 Å². The second-order valence-corrected chi connectivity index (χ2v) is 9.45. The molecule has 33 heavy (non-hydrogen) atoms. The van der Waals surface area contributed by atoms with Crippen LogP contribution in [0.1, 0.15) is 18.9 Å². The minimum absolute atomic E-state index is 0.161. The van der Waals surface area contributed by atoms with Crippen LogP contribution in [0.5, 0.6) is 0 Å². The summed E-state index contributed by atoms with van der Waals surface area (Å²) in [6.45, 7) is 3.54. The molecule has 10 heteroatoms. The maximum atomic E-state index is 12.7. The zero-order chi connectivity index (χ0) is 23.8. The van der Waals surface area contributed by atoms with Crippen molar-refractivity contribution in [3.05, 3.63) is 54.1 Å². The molecular weight excluding hydrogens is 446 g/mol. The number of hydrogen-bond acceptors (Lipinski definition) is 6.